The number of hydrogen-bond donors (Lipinski definition) is 0. The molecule has 0 fully saturated rings. The lowest BCUT2D eigenvalue weighted by Gasteiger charge is -2.22. The molecule has 1 aromatic rings. The lowest BCUT2D eigenvalue weighted by Crippen LogP contribution is -2.25. The van der Waals surface area contributed by atoms with Crippen molar-refractivity contribution in [1.29, 1.82) is 0 Å². The first kappa shape index (κ1) is 13.9. The van der Waals surface area contributed by atoms with E-state index in [1.807, 2.05) is 39.0 Å². The van der Waals surface area contributed by atoms with Gasteiger partial charge in [-0.2, -0.15) is 0 Å². The van der Waals surface area contributed by atoms with Gasteiger partial charge >= 0.3 is 5.97 Å². The van der Waals surface area contributed by atoms with Gasteiger partial charge < -0.3 is 4.74 Å². The van der Waals surface area contributed by atoms with Crippen molar-refractivity contribution in [3.8, 4) is 0 Å². The van der Waals surface area contributed by atoms with Crippen molar-refractivity contribution in [3.63, 3.8) is 0 Å². The highest BCUT2D eigenvalue weighted by atomic mass is 16.6. The van der Waals surface area contributed by atoms with E-state index in [2.05, 4.69) is 11.4 Å². The zero-order valence-corrected chi connectivity index (χ0v) is 12.0. The van der Waals surface area contributed by atoms with Crippen LogP contribution >= 0.6 is 0 Å². The molecule has 3 nitrogen and oxygen atoms in total. The molecule has 0 N–H and O–H groups in total. The predicted molar refractivity (Wildman–Crippen MR) is 75.5 cm³/mol. The number of para-hydroxylation sites is 1. The molecule has 0 aromatic heterocycles. The van der Waals surface area contributed by atoms with Gasteiger partial charge in [0.25, 0.3) is 0 Å². The molecule has 1 radical (unpaired) electrons. The topological polar surface area (TPSA) is 40.4 Å². The van der Waals surface area contributed by atoms with Crippen LogP contribution in [-0.4, -0.2) is 18.1 Å². The minimum Gasteiger partial charge on any atom is -0.460 e. The van der Waals surface area contributed by atoms with Gasteiger partial charge in [-0.05, 0) is 51.2 Å². The average Bonchev–Trinajstić information content (AvgIpc) is 2.50. The molecule has 0 aliphatic carbocycles. The molecule has 0 saturated carbocycles. The van der Waals surface area contributed by atoms with Crippen molar-refractivity contribution in [1.82, 2.24) is 5.32 Å². The maximum absolute atomic E-state index is 12.0. The quantitative estimate of drug-likeness (QED) is 0.763. The normalized spacial score (nSPS) is 19.0. The first-order valence-electron chi connectivity index (χ1n) is 6.94. The first-order valence-corrected chi connectivity index (χ1v) is 6.94. The summed E-state index contributed by atoms with van der Waals surface area (Å²) in [4.78, 5) is 12.0. The molecule has 0 saturated heterocycles. The molecule has 1 aliphatic rings. The van der Waals surface area contributed by atoms with Crippen molar-refractivity contribution in [2.24, 2.45) is 0 Å². The number of nitrogens with zero attached hydrogens (tertiary/aromatic N) is 1. The molecule has 19 heavy (non-hydrogen) atoms. The van der Waals surface area contributed by atoms with Crippen LogP contribution in [0.1, 0.15) is 51.5 Å². The van der Waals surface area contributed by atoms with Gasteiger partial charge in [-0.15, -0.1) is 0 Å². The molecule has 1 atom stereocenters. The van der Waals surface area contributed by atoms with Gasteiger partial charge in [-0.1, -0.05) is 18.2 Å². The number of hydrogen-bond acceptors (Lipinski definition) is 2. The van der Waals surface area contributed by atoms with Crippen LogP contribution in [-0.2, 0) is 9.53 Å². The van der Waals surface area contributed by atoms with Crippen LogP contribution in [0.4, 0.5) is 5.69 Å². The van der Waals surface area contributed by atoms with Crippen molar-refractivity contribution in [2.75, 3.05) is 6.54 Å². The van der Waals surface area contributed by atoms with Crippen molar-refractivity contribution in [3.05, 3.63) is 29.8 Å². The molecule has 0 bridgehead atoms. The molecule has 1 aromatic carbocycles. The lowest BCUT2D eigenvalue weighted by molar-refractivity contribution is -0.155. The van der Waals surface area contributed by atoms with Crippen LogP contribution in [0.5, 0.6) is 0 Å². The van der Waals surface area contributed by atoms with E-state index in [1.54, 1.807) is 0 Å². The maximum Gasteiger partial charge on any atom is 0.306 e. The molecule has 0 amide bonds. The number of carbonyl (C=O) groups is 1. The molecule has 1 unspecified atom stereocenters. The van der Waals surface area contributed by atoms with Crippen LogP contribution in [0.3, 0.4) is 0 Å². The Kier molecular flexibility index (Phi) is 4.13. The average molecular weight is 260 g/mol. The van der Waals surface area contributed by atoms with E-state index in [4.69, 9.17) is 4.74 Å². The van der Waals surface area contributed by atoms with Crippen LogP contribution in [0.2, 0.25) is 0 Å². The molecular weight excluding hydrogens is 238 g/mol. The zero-order chi connectivity index (χ0) is 13.9. The summed E-state index contributed by atoms with van der Waals surface area (Å²) < 4.78 is 5.43. The fraction of sp³-hybridized carbons (Fsp3) is 0.562. The number of fused-ring (bicyclic) bond motifs is 1. The Morgan fingerprint density at radius 2 is 2.11 bits per heavy atom. The SMILES string of the molecule is CC(C)(C)OC(=O)CC1CCC[N]c2ccccc21. The van der Waals surface area contributed by atoms with Gasteiger partial charge in [0.05, 0.1) is 12.1 Å². The Balaban J connectivity index is 2.10. The molecular formula is C16H22NO2. The first-order chi connectivity index (χ1) is 8.96. The molecule has 1 heterocycles. The highest BCUT2D eigenvalue weighted by Crippen LogP contribution is 2.34. The smallest absolute Gasteiger partial charge is 0.306 e. The minimum atomic E-state index is -0.411. The van der Waals surface area contributed by atoms with Gasteiger partial charge in [0.15, 0.2) is 0 Å². The van der Waals surface area contributed by atoms with Gasteiger partial charge in [-0.3, -0.25) is 10.1 Å². The summed E-state index contributed by atoms with van der Waals surface area (Å²) in [5.41, 5.74) is 1.81. The summed E-state index contributed by atoms with van der Waals surface area (Å²) in [5.74, 6) is 0.117. The number of rotatable bonds is 2. The predicted octanol–water partition coefficient (Wildman–Crippen LogP) is 3.53. The van der Waals surface area contributed by atoms with Crippen LogP contribution in [0.15, 0.2) is 24.3 Å². The fourth-order valence-corrected chi connectivity index (χ4v) is 2.47. The lowest BCUT2D eigenvalue weighted by atomic mass is 9.91. The van der Waals surface area contributed by atoms with Gasteiger partial charge in [-0.25, -0.2) is 0 Å². The second-order valence-corrected chi connectivity index (χ2v) is 6.07. The number of carbonyl (C=O) groups excluding carboxylic acids is 1. The number of esters is 1. The summed E-state index contributed by atoms with van der Waals surface area (Å²) in [6.45, 7) is 6.56. The Bertz CT molecular complexity index is 448. The Morgan fingerprint density at radius 3 is 2.84 bits per heavy atom. The number of benzene rings is 1. The third kappa shape index (κ3) is 3.98. The third-order valence-electron chi connectivity index (χ3n) is 3.20. The van der Waals surface area contributed by atoms with E-state index in [1.165, 1.54) is 5.56 Å². The molecule has 3 heteroatoms. The third-order valence-corrected chi connectivity index (χ3v) is 3.20. The molecule has 2 rings (SSSR count). The summed E-state index contributed by atoms with van der Waals surface area (Å²) in [7, 11) is 0. The standard InChI is InChI=1S/C16H22NO2/c1-16(2,3)19-15(18)11-12-7-6-10-17-14-9-5-4-8-13(12)14/h4-5,8-9,12H,6-7,10-11H2,1-3H3. The van der Waals surface area contributed by atoms with Gasteiger partial charge in [0.1, 0.15) is 5.60 Å². The minimum absolute atomic E-state index is 0.116. The molecule has 103 valence electrons. The largest absolute Gasteiger partial charge is 0.460 e. The van der Waals surface area contributed by atoms with Crippen LogP contribution in [0, 0.1) is 0 Å². The van der Waals surface area contributed by atoms with E-state index >= 15 is 0 Å². The molecule has 0 spiro atoms. The second-order valence-electron chi connectivity index (χ2n) is 6.07. The Morgan fingerprint density at radius 1 is 1.37 bits per heavy atom. The Hall–Kier alpha value is -1.51. The monoisotopic (exact) mass is 260 g/mol. The Labute approximate surface area is 115 Å². The highest BCUT2D eigenvalue weighted by Gasteiger charge is 2.24. The summed E-state index contributed by atoms with van der Waals surface area (Å²) in [6, 6.07) is 8.13. The second kappa shape index (κ2) is 5.64. The zero-order valence-electron chi connectivity index (χ0n) is 12.0. The van der Waals surface area contributed by atoms with Crippen molar-refractivity contribution in [2.45, 2.75) is 51.6 Å². The van der Waals surface area contributed by atoms with E-state index in [0.717, 1.165) is 25.1 Å². The fourth-order valence-electron chi connectivity index (χ4n) is 2.47. The van der Waals surface area contributed by atoms with Gasteiger partial charge in [0.2, 0.25) is 0 Å². The highest BCUT2D eigenvalue weighted by molar-refractivity contribution is 5.71. The van der Waals surface area contributed by atoms with E-state index in [9.17, 15) is 4.79 Å². The summed E-state index contributed by atoms with van der Waals surface area (Å²) in [6.07, 6.45) is 2.48. The number of ether oxygens (including phenoxy) is 1. The summed E-state index contributed by atoms with van der Waals surface area (Å²) in [5, 5.41) is 4.57. The van der Waals surface area contributed by atoms with Crippen LogP contribution in [0.25, 0.3) is 0 Å². The van der Waals surface area contributed by atoms with E-state index in [0.29, 0.717) is 6.42 Å². The van der Waals surface area contributed by atoms with Crippen LogP contribution < -0.4 is 5.32 Å². The van der Waals surface area contributed by atoms with E-state index < -0.39 is 5.60 Å². The van der Waals surface area contributed by atoms with Gasteiger partial charge in [0, 0.05) is 6.54 Å². The van der Waals surface area contributed by atoms with E-state index in [-0.39, 0.29) is 11.9 Å². The molecule has 1 aliphatic heterocycles. The maximum atomic E-state index is 12.0. The van der Waals surface area contributed by atoms with Crippen molar-refractivity contribution < 1.29 is 9.53 Å². The summed E-state index contributed by atoms with van der Waals surface area (Å²) >= 11 is 0. The van der Waals surface area contributed by atoms with Crippen molar-refractivity contribution >= 4 is 11.7 Å².